The van der Waals surface area contributed by atoms with Crippen LogP contribution in [0.4, 0.5) is 0 Å². The minimum absolute atomic E-state index is 0.194. The Kier molecular flexibility index (Phi) is 5.52. The monoisotopic (exact) mass is 309 g/mol. The van der Waals surface area contributed by atoms with Crippen LogP contribution in [-0.4, -0.2) is 34.2 Å². The summed E-state index contributed by atoms with van der Waals surface area (Å²) in [5.74, 6) is -1.23. The van der Waals surface area contributed by atoms with Crippen LogP contribution in [-0.2, 0) is 4.79 Å². The molecule has 1 aliphatic rings. The van der Waals surface area contributed by atoms with Gasteiger partial charge in [-0.25, -0.2) is 4.79 Å². The molecule has 0 spiro atoms. The van der Waals surface area contributed by atoms with Crippen molar-refractivity contribution >= 4 is 29.3 Å². The number of hydrogen-bond acceptors (Lipinski definition) is 4. The molecule has 21 heavy (non-hydrogen) atoms. The van der Waals surface area contributed by atoms with Crippen molar-refractivity contribution in [2.45, 2.75) is 44.2 Å². The van der Waals surface area contributed by atoms with E-state index in [1.54, 1.807) is 12.1 Å². The molecular formula is C15H19NO4S. The summed E-state index contributed by atoms with van der Waals surface area (Å²) in [6, 6.07) is 3.19. The number of carbonyl (C=O) groups is 2. The van der Waals surface area contributed by atoms with E-state index < -0.39 is 12.1 Å². The number of thiophene rings is 1. The zero-order chi connectivity index (χ0) is 15.2. The van der Waals surface area contributed by atoms with Crippen LogP contribution in [0.3, 0.4) is 0 Å². The van der Waals surface area contributed by atoms with Gasteiger partial charge in [0.2, 0.25) is 0 Å². The number of amides is 1. The first-order valence-electron chi connectivity index (χ1n) is 7.06. The van der Waals surface area contributed by atoms with E-state index in [0.717, 1.165) is 38.2 Å². The van der Waals surface area contributed by atoms with Gasteiger partial charge in [0.05, 0.1) is 17.0 Å². The molecule has 2 unspecified atom stereocenters. The third-order valence-electron chi connectivity index (χ3n) is 3.54. The van der Waals surface area contributed by atoms with Gasteiger partial charge in [-0.2, -0.15) is 0 Å². The number of rotatable bonds is 4. The van der Waals surface area contributed by atoms with Crippen molar-refractivity contribution in [2.75, 3.05) is 0 Å². The summed E-state index contributed by atoms with van der Waals surface area (Å²) < 4.78 is 0. The number of aliphatic hydroxyl groups excluding tert-OH is 1. The second-order valence-electron chi connectivity index (χ2n) is 5.16. The van der Waals surface area contributed by atoms with Gasteiger partial charge in [0, 0.05) is 11.0 Å². The fourth-order valence-electron chi connectivity index (χ4n) is 2.41. The van der Waals surface area contributed by atoms with E-state index in [4.69, 9.17) is 5.11 Å². The smallest absolute Gasteiger partial charge is 0.328 e. The zero-order valence-electron chi connectivity index (χ0n) is 11.6. The predicted octanol–water partition coefficient (Wildman–Crippen LogP) is 2.27. The molecule has 0 aromatic carbocycles. The standard InChI is InChI=1S/C15H19NO4S/c17-12-5-3-1-2-4-11(12)16-15(20)13-8-6-10(21-13)7-9-14(18)19/h6-9,11-12,17H,1-5H2,(H,16,20)(H,18,19)/b9-7+. The maximum atomic E-state index is 12.2. The lowest BCUT2D eigenvalue weighted by molar-refractivity contribution is -0.131. The van der Waals surface area contributed by atoms with Gasteiger partial charge in [-0.05, 0) is 31.1 Å². The Balaban J connectivity index is 1.98. The first kappa shape index (κ1) is 15.7. The Morgan fingerprint density at radius 2 is 2.00 bits per heavy atom. The largest absolute Gasteiger partial charge is 0.478 e. The molecule has 1 amide bonds. The lowest BCUT2D eigenvalue weighted by Crippen LogP contribution is -2.42. The Hall–Kier alpha value is -1.66. The van der Waals surface area contributed by atoms with Gasteiger partial charge in [-0.15, -0.1) is 11.3 Å². The van der Waals surface area contributed by atoms with Crippen LogP contribution in [0.5, 0.6) is 0 Å². The normalized spacial score (nSPS) is 22.9. The Morgan fingerprint density at radius 1 is 1.24 bits per heavy atom. The fourth-order valence-corrected chi connectivity index (χ4v) is 3.23. The molecule has 2 atom stereocenters. The van der Waals surface area contributed by atoms with Crippen LogP contribution in [0.25, 0.3) is 6.08 Å². The van der Waals surface area contributed by atoms with E-state index in [1.807, 2.05) is 0 Å². The minimum Gasteiger partial charge on any atom is -0.478 e. The average molecular weight is 309 g/mol. The summed E-state index contributed by atoms with van der Waals surface area (Å²) in [5, 5.41) is 21.5. The second kappa shape index (κ2) is 7.38. The molecule has 1 aliphatic carbocycles. The maximum absolute atomic E-state index is 12.2. The number of aliphatic hydroxyl groups is 1. The SMILES string of the molecule is O=C(O)/C=C/c1ccc(C(=O)NC2CCCCCC2O)s1. The molecule has 1 aromatic heterocycles. The van der Waals surface area contributed by atoms with Crippen molar-refractivity contribution in [1.82, 2.24) is 5.32 Å². The Labute approximate surface area is 127 Å². The number of carboxylic acid groups (broad SMARTS) is 1. The highest BCUT2D eigenvalue weighted by atomic mass is 32.1. The van der Waals surface area contributed by atoms with Crippen LogP contribution in [0.2, 0.25) is 0 Å². The summed E-state index contributed by atoms with van der Waals surface area (Å²) in [4.78, 5) is 23.9. The zero-order valence-corrected chi connectivity index (χ0v) is 12.4. The second-order valence-corrected chi connectivity index (χ2v) is 6.27. The molecule has 0 saturated heterocycles. The molecule has 1 aromatic rings. The highest BCUT2D eigenvalue weighted by molar-refractivity contribution is 7.14. The molecule has 6 heteroatoms. The van der Waals surface area contributed by atoms with Gasteiger partial charge < -0.3 is 15.5 Å². The first-order chi connectivity index (χ1) is 10.1. The van der Waals surface area contributed by atoms with Crippen molar-refractivity contribution in [1.29, 1.82) is 0 Å². The summed E-state index contributed by atoms with van der Waals surface area (Å²) in [7, 11) is 0. The van der Waals surface area contributed by atoms with E-state index in [-0.39, 0.29) is 11.9 Å². The van der Waals surface area contributed by atoms with Gasteiger partial charge in [0.15, 0.2) is 0 Å². The highest BCUT2D eigenvalue weighted by Crippen LogP contribution is 2.21. The number of carbonyl (C=O) groups excluding carboxylic acids is 1. The molecule has 0 bridgehead atoms. The number of nitrogens with one attached hydrogen (secondary N) is 1. The van der Waals surface area contributed by atoms with Gasteiger partial charge in [0.1, 0.15) is 0 Å². The summed E-state index contributed by atoms with van der Waals surface area (Å²) in [5.41, 5.74) is 0. The molecule has 1 heterocycles. The summed E-state index contributed by atoms with van der Waals surface area (Å²) >= 11 is 1.23. The van der Waals surface area contributed by atoms with E-state index in [9.17, 15) is 14.7 Å². The summed E-state index contributed by atoms with van der Waals surface area (Å²) in [6.45, 7) is 0. The molecule has 3 N–H and O–H groups in total. The lowest BCUT2D eigenvalue weighted by Gasteiger charge is -2.21. The van der Waals surface area contributed by atoms with Crippen molar-refractivity contribution < 1.29 is 19.8 Å². The van der Waals surface area contributed by atoms with Crippen LogP contribution in [0, 0.1) is 0 Å². The maximum Gasteiger partial charge on any atom is 0.328 e. The summed E-state index contributed by atoms with van der Waals surface area (Å²) in [6.07, 6.45) is 6.64. The third kappa shape index (κ3) is 4.68. The van der Waals surface area contributed by atoms with E-state index in [0.29, 0.717) is 9.75 Å². The Bertz CT molecular complexity index is 538. The van der Waals surface area contributed by atoms with Crippen LogP contribution in [0.15, 0.2) is 18.2 Å². The van der Waals surface area contributed by atoms with Crippen molar-refractivity contribution in [3.63, 3.8) is 0 Å². The van der Waals surface area contributed by atoms with E-state index >= 15 is 0 Å². The fraction of sp³-hybridized carbons (Fsp3) is 0.467. The molecule has 0 aliphatic heterocycles. The van der Waals surface area contributed by atoms with Gasteiger partial charge in [-0.1, -0.05) is 19.3 Å². The molecular weight excluding hydrogens is 290 g/mol. The molecule has 2 rings (SSSR count). The van der Waals surface area contributed by atoms with Crippen molar-refractivity contribution in [2.24, 2.45) is 0 Å². The number of aliphatic carboxylic acids is 1. The van der Waals surface area contributed by atoms with E-state index in [1.165, 1.54) is 17.4 Å². The topological polar surface area (TPSA) is 86.6 Å². The first-order valence-corrected chi connectivity index (χ1v) is 7.87. The van der Waals surface area contributed by atoms with Crippen LogP contribution >= 0.6 is 11.3 Å². The molecule has 0 radical (unpaired) electrons. The van der Waals surface area contributed by atoms with Gasteiger partial charge >= 0.3 is 5.97 Å². The highest BCUT2D eigenvalue weighted by Gasteiger charge is 2.24. The lowest BCUT2D eigenvalue weighted by atomic mass is 10.1. The van der Waals surface area contributed by atoms with Crippen LogP contribution < -0.4 is 5.32 Å². The van der Waals surface area contributed by atoms with Gasteiger partial charge in [0.25, 0.3) is 5.91 Å². The average Bonchev–Trinajstić information content (AvgIpc) is 2.83. The number of hydrogen-bond donors (Lipinski definition) is 3. The van der Waals surface area contributed by atoms with Crippen molar-refractivity contribution in [3.8, 4) is 0 Å². The van der Waals surface area contributed by atoms with E-state index in [2.05, 4.69) is 5.32 Å². The van der Waals surface area contributed by atoms with Crippen molar-refractivity contribution in [3.05, 3.63) is 28.0 Å². The predicted molar refractivity (Wildman–Crippen MR) is 81.3 cm³/mol. The third-order valence-corrected chi connectivity index (χ3v) is 4.59. The minimum atomic E-state index is -1.02. The molecule has 5 nitrogen and oxygen atoms in total. The Morgan fingerprint density at radius 3 is 2.76 bits per heavy atom. The number of carboxylic acids is 1. The molecule has 114 valence electrons. The quantitative estimate of drug-likeness (QED) is 0.588. The van der Waals surface area contributed by atoms with Gasteiger partial charge in [-0.3, -0.25) is 4.79 Å². The molecule has 1 saturated carbocycles. The van der Waals surface area contributed by atoms with Crippen LogP contribution in [0.1, 0.15) is 46.7 Å². The molecule has 1 fully saturated rings.